The van der Waals surface area contributed by atoms with Crippen LogP contribution in [0.3, 0.4) is 0 Å². The van der Waals surface area contributed by atoms with Crippen LogP contribution in [0.1, 0.15) is 39.5 Å². The van der Waals surface area contributed by atoms with Crippen molar-refractivity contribution in [3.63, 3.8) is 0 Å². The molecule has 2 bridgehead atoms. The molecule has 1 amide bonds. The first-order valence-electron chi connectivity index (χ1n) is 5.77. The van der Waals surface area contributed by atoms with Crippen LogP contribution in [0, 0.1) is 0 Å². The highest BCUT2D eigenvalue weighted by molar-refractivity contribution is 5.83. The summed E-state index contributed by atoms with van der Waals surface area (Å²) in [6.45, 7) is 3.86. The van der Waals surface area contributed by atoms with Gasteiger partial charge in [0.2, 0.25) is 5.91 Å². The summed E-state index contributed by atoms with van der Waals surface area (Å²) < 4.78 is 0. The van der Waals surface area contributed by atoms with E-state index in [0.29, 0.717) is 18.1 Å². The average Bonchev–Trinajstić information content (AvgIpc) is 2.39. The highest BCUT2D eigenvalue weighted by Gasteiger charge is 2.48. The molecule has 2 rings (SSSR count). The molecule has 0 saturated carbocycles. The molecule has 0 aromatic carbocycles. The molecule has 2 saturated heterocycles. The van der Waals surface area contributed by atoms with Crippen molar-refractivity contribution < 1.29 is 4.79 Å². The maximum absolute atomic E-state index is 11.5. The van der Waals surface area contributed by atoms with E-state index in [0.717, 1.165) is 25.7 Å². The monoisotopic (exact) mass is 211 g/mol. The first-order valence-corrected chi connectivity index (χ1v) is 5.77. The van der Waals surface area contributed by atoms with E-state index < -0.39 is 5.54 Å². The van der Waals surface area contributed by atoms with Gasteiger partial charge in [0.15, 0.2) is 0 Å². The highest BCUT2D eigenvalue weighted by Crippen LogP contribution is 2.39. The number of amides is 1. The molecule has 2 atom stereocenters. The van der Waals surface area contributed by atoms with Gasteiger partial charge in [0, 0.05) is 18.1 Å². The van der Waals surface area contributed by atoms with Gasteiger partial charge in [0.05, 0.1) is 5.54 Å². The summed E-state index contributed by atoms with van der Waals surface area (Å²) in [6.07, 6.45) is 4.34. The fraction of sp³-hybridized carbons (Fsp3) is 0.909. The Balaban J connectivity index is 2.21. The predicted octanol–water partition coefficient (Wildman–Crippen LogP) is 0.204. The quantitative estimate of drug-likeness (QED) is 0.685. The molecule has 0 aliphatic carbocycles. The number of carbonyl (C=O) groups is 1. The Kier molecular flexibility index (Phi) is 2.51. The van der Waals surface area contributed by atoms with Crippen LogP contribution in [0.2, 0.25) is 0 Å². The van der Waals surface area contributed by atoms with Gasteiger partial charge in [-0.3, -0.25) is 9.69 Å². The largest absolute Gasteiger partial charge is 0.368 e. The molecule has 2 heterocycles. The highest BCUT2D eigenvalue weighted by atomic mass is 16.1. The van der Waals surface area contributed by atoms with Gasteiger partial charge in [-0.2, -0.15) is 0 Å². The first kappa shape index (κ1) is 10.9. The molecule has 86 valence electrons. The second kappa shape index (κ2) is 3.46. The molecule has 4 heteroatoms. The smallest absolute Gasteiger partial charge is 0.237 e. The van der Waals surface area contributed by atoms with Gasteiger partial charge in [-0.05, 0) is 39.5 Å². The maximum Gasteiger partial charge on any atom is 0.237 e. The van der Waals surface area contributed by atoms with Crippen molar-refractivity contribution in [1.29, 1.82) is 0 Å². The lowest BCUT2D eigenvalue weighted by molar-refractivity contribution is -0.131. The number of primary amides is 1. The summed E-state index contributed by atoms with van der Waals surface area (Å²) in [5.41, 5.74) is 10.9. The number of nitrogens with zero attached hydrogens (tertiary/aromatic N) is 1. The minimum absolute atomic E-state index is 0.227. The van der Waals surface area contributed by atoms with Gasteiger partial charge >= 0.3 is 0 Å². The van der Waals surface area contributed by atoms with Crippen LogP contribution in [0.5, 0.6) is 0 Å². The fourth-order valence-corrected chi connectivity index (χ4v) is 3.26. The van der Waals surface area contributed by atoms with Gasteiger partial charge in [-0.15, -0.1) is 0 Å². The maximum atomic E-state index is 11.5. The summed E-state index contributed by atoms with van der Waals surface area (Å²) in [5.74, 6) is -0.227. The van der Waals surface area contributed by atoms with Gasteiger partial charge < -0.3 is 11.5 Å². The molecule has 4 N–H and O–H groups in total. The number of carbonyl (C=O) groups excluding carboxylic acids is 1. The zero-order valence-corrected chi connectivity index (χ0v) is 9.57. The lowest BCUT2D eigenvalue weighted by Gasteiger charge is -2.45. The molecule has 0 spiro atoms. The van der Waals surface area contributed by atoms with E-state index in [1.807, 2.05) is 13.8 Å². The minimum atomic E-state index is -0.522. The van der Waals surface area contributed by atoms with Crippen molar-refractivity contribution >= 4 is 5.91 Å². The summed E-state index contributed by atoms with van der Waals surface area (Å²) in [6, 6.07) is 1.23. The minimum Gasteiger partial charge on any atom is -0.368 e. The molecule has 4 nitrogen and oxygen atoms in total. The molecule has 15 heavy (non-hydrogen) atoms. The van der Waals surface area contributed by atoms with Gasteiger partial charge in [0.1, 0.15) is 0 Å². The van der Waals surface area contributed by atoms with E-state index in [9.17, 15) is 4.79 Å². The second-order valence-electron chi connectivity index (χ2n) is 5.45. The standard InChI is InChI=1S/C11H21N3O/c1-11(2,10(13)15)14-8-3-4-9(14)6-7(12)5-8/h7-9H,3-6,12H2,1-2H3,(H2,13,15). The fourth-order valence-electron chi connectivity index (χ4n) is 3.26. The molecule has 0 aromatic rings. The lowest BCUT2D eigenvalue weighted by Crippen LogP contribution is -2.61. The zero-order chi connectivity index (χ0) is 11.2. The molecule has 2 fully saturated rings. The van der Waals surface area contributed by atoms with Crippen molar-refractivity contribution in [3.05, 3.63) is 0 Å². The zero-order valence-electron chi connectivity index (χ0n) is 9.57. The van der Waals surface area contributed by atoms with Gasteiger partial charge in [0.25, 0.3) is 0 Å². The Morgan fingerprint density at radius 2 is 1.73 bits per heavy atom. The van der Waals surface area contributed by atoms with Crippen LogP contribution in [0.4, 0.5) is 0 Å². The average molecular weight is 211 g/mol. The van der Waals surface area contributed by atoms with Crippen molar-refractivity contribution in [2.45, 2.75) is 63.2 Å². The van der Waals surface area contributed by atoms with Crippen LogP contribution in [-0.4, -0.2) is 34.5 Å². The Morgan fingerprint density at radius 1 is 1.27 bits per heavy atom. The van der Waals surface area contributed by atoms with Crippen molar-refractivity contribution in [3.8, 4) is 0 Å². The molecule has 2 aliphatic rings. The van der Waals surface area contributed by atoms with Crippen molar-refractivity contribution in [2.75, 3.05) is 0 Å². The number of piperidine rings is 1. The van der Waals surface area contributed by atoms with Crippen molar-refractivity contribution in [1.82, 2.24) is 4.90 Å². The topological polar surface area (TPSA) is 72.4 Å². The molecule has 0 radical (unpaired) electrons. The molecular formula is C11H21N3O. The molecule has 2 unspecified atom stereocenters. The first-order chi connectivity index (χ1) is 6.93. The lowest BCUT2D eigenvalue weighted by atomic mass is 9.90. The van der Waals surface area contributed by atoms with Gasteiger partial charge in [-0.25, -0.2) is 0 Å². The van der Waals surface area contributed by atoms with E-state index in [2.05, 4.69) is 4.90 Å². The Labute approximate surface area is 91.0 Å². The number of nitrogens with two attached hydrogens (primary N) is 2. The van der Waals surface area contributed by atoms with Crippen molar-refractivity contribution in [2.24, 2.45) is 11.5 Å². The summed E-state index contributed by atoms with van der Waals surface area (Å²) in [5, 5.41) is 0. The Morgan fingerprint density at radius 3 is 2.13 bits per heavy atom. The van der Waals surface area contributed by atoms with E-state index in [4.69, 9.17) is 11.5 Å². The molecular weight excluding hydrogens is 190 g/mol. The van der Waals surface area contributed by atoms with Crippen LogP contribution < -0.4 is 11.5 Å². The van der Waals surface area contributed by atoms with Crippen LogP contribution in [0.25, 0.3) is 0 Å². The summed E-state index contributed by atoms with van der Waals surface area (Å²) in [4.78, 5) is 13.8. The number of hydrogen-bond acceptors (Lipinski definition) is 3. The van der Waals surface area contributed by atoms with Crippen LogP contribution in [-0.2, 0) is 4.79 Å². The third-order valence-electron chi connectivity index (χ3n) is 4.02. The number of fused-ring (bicyclic) bond motifs is 2. The number of rotatable bonds is 2. The Bertz CT molecular complexity index is 263. The summed E-state index contributed by atoms with van der Waals surface area (Å²) >= 11 is 0. The Hall–Kier alpha value is -0.610. The molecule has 0 aromatic heterocycles. The normalized spacial score (nSPS) is 36.9. The third kappa shape index (κ3) is 1.66. The number of hydrogen-bond donors (Lipinski definition) is 2. The third-order valence-corrected chi connectivity index (χ3v) is 4.02. The van der Waals surface area contributed by atoms with E-state index >= 15 is 0 Å². The van der Waals surface area contributed by atoms with Crippen LogP contribution in [0.15, 0.2) is 0 Å². The molecule has 2 aliphatic heterocycles. The second-order valence-corrected chi connectivity index (χ2v) is 5.45. The van der Waals surface area contributed by atoms with Gasteiger partial charge in [-0.1, -0.05) is 0 Å². The van der Waals surface area contributed by atoms with E-state index in [1.54, 1.807) is 0 Å². The van der Waals surface area contributed by atoms with Crippen LogP contribution >= 0.6 is 0 Å². The SMILES string of the molecule is CC(C)(C(N)=O)N1C2CCC1CC(N)C2. The predicted molar refractivity (Wildman–Crippen MR) is 59.1 cm³/mol. The van der Waals surface area contributed by atoms with E-state index in [1.165, 1.54) is 0 Å². The van der Waals surface area contributed by atoms with E-state index in [-0.39, 0.29) is 5.91 Å². The summed E-state index contributed by atoms with van der Waals surface area (Å²) in [7, 11) is 0.